The molecule has 1 unspecified atom stereocenters. The average Bonchev–Trinajstić information content (AvgIpc) is 3.16. The highest BCUT2D eigenvalue weighted by molar-refractivity contribution is 5.94. The molecule has 0 radical (unpaired) electrons. The monoisotopic (exact) mass is 424 g/mol. The third kappa shape index (κ3) is 5.91. The first-order chi connectivity index (χ1) is 15.0. The number of benzene rings is 1. The maximum Gasteiger partial charge on any atom is 0.274 e. The number of aromatic nitrogens is 2. The normalized spacial score (nSPS) is 12.3. The fourth-order valence-electron chi connectivity index (χ4n) is 3.49. The van der Waals surface area contributed by atoms with Gasteiger partial charge in [0.05, 0.1) is 18.4 Å². The maximum absolute atomic E-state index is 13.3. The van der Waals surface area contributed by atoms with Crippen molar-refractivity contribution in [1.29, 1.82) is 0 Å². The third-order valence-electron chi connectivity index (χ3n) is 5.26. The van der Waals surface area contributed by atoms with Crippen molar-refractivity contribution in [2.45, 2.75) is 32.9 Å². The summed E-state index contributed by atoms with van der Waals surface area (Å²) >= 11 is 0. The van der Waals surface area contributed by atoms with Crippen LogP contribution in [0.4, 0.5) is 0 Å². The summed E-state index contributed by atoms with van der Waals surface area (Å²) in [6.45, 7) is 6.13. The summed E-state index contributed by atoms with van der Waals surface area (Å²) in [6.07, 6.45) is 2.10. The van der Waals surface area contributed by atoms with Crippen LogP contribution in [0, 0.1) is 6.92 Å². The Morgan fingerprint density at radius 3 is 2.77 bits per heavy atom. The topological polar surface area (TPSA) is 79.1 Å². The molecule has 2 aromatic heterocycles. The van der Waals surface area contributed by atoms with Gasteiger partial charge in [-0.25, -0.2) is 4.98 Å². The van der Waals surface area contributed by atoms with Crippen molar-refractivity contribution in [3.05, 3.63) is 71.2 Å². The second-order valence-corrected chi connectivity index (χ2v) is 7.70. The highest BCUT2D eigenvalue weighted by atomic mass is 16.5. The second kappa shape index (κ2) is 11.0. The van der Waals surface area contributed by atoms with E-state index in [1.165, 1.54) is 5.56 Å². The van der Waals surface area contributed by atoms with Crippen molar-refractivity contribution >= 4 is 11.6 Å². The Hall–Kier alpha value is -2.74. The molecular weight excluding hydrogens is 392 g/mol. The predicted molar refractivity (Wildman–Crippen MR) is 121 cm³/mol. The zero-order valence-corrected chi connectivity index (χ0v) is 18.5. The van der Waals surface area contributed by atoms with Gasteiger partial charge in [-0.3, -0.25) is 4.79 Å². The van der Waals surface area contributed by atoms with E-state index >= 15 is 0 Å². The molecule has 2 N–H and O–H groups in total. The number of carbonyl (C=O) groups excluding carboxylic acids is 1. The van der Waals surface area contributed by atoms with Crippen LogP contribution in [0.3, 0.4) is 0 Å². The molecule has 0 spiro atoms. The zero-order chi connectivity index (χ0) is 22.2. The molecule has 166 valence electrons. The molecule has 0 saturated carbocycles. The molecule has 0 aliphatic heterocycles. The molecule has 0 bridgehead atoms. The molecule has 0 fully saturated rings. The zero-order valence-electron chi connectivity index (χ0n) is 18.5. The molecule has 7 heteroatoms. The van der Waals surface area contributed by atoms with Crippen LogP contribution < -0.4 is 5.32 Å². The van der Waals surface area contributed by atoms with Crippen LogP contribution in [0.1, 0.15) is 34.2 Å². The molecule has 1 amide bonds. The number of ether oxygens (including phenoxy) is 1. The summed E-state index contributed by atoms with van der Waals surface area (Å²) in [5.74, 6) is -0.106. The Morgan fingerprint density at radius 2 is 2.03 bits per heavy atom. The summed E-state index contributed by atoms with van der Waals surface area (Å²) in [7, 11) is 1.81. The van der Waals surface area contributed by atoms with Crippen molar-refractivity contribution in [2.24, 2.45) is 0 Å². The molecule has 3 rings (SSSR count). The van der Waals surface area contributed by atoms with Crippen LogP contribution in [0.15, 0.2) is 48.7 Å². The van der Waals surface area contributed by atoms with E-state index in [-0.39, 0.29) is 12.5 Å². The average molecular weight is 425 g/mol. The molecule has 31 heavy (non-hydrogen) atoms. The van der Waals surface area contributed by atoms with Crippen LogP contribution >= 0.6 is 0 Å². The molecular formula is C24H32N4O3. The number of fused-ring (bicyclic) bond motifs is 1. The minimum absolute atomic E-state index is 0.106. The molecule has 1 atom stereocenters. The number of likely N-dealkylation sites (N-methyl/N-ethyl adjacent to an activating group) is 1. The number of hydrogen-bond acceptors (Lipinski definition) is 5. The number of amides is 1. The Bertz CT molecular complexity index is 987. The SMILES string of the molecule is CCOCC(O)CNCc1c(C(=O)N(C)CCc2ccccc2)nc2c(C)cccn12. The van der Waals surface area contributed by atoms with E-state index in [9.17, 15) is 9.90 Å². The van der Waals surface area contributed by atoms with Crippen LogP contribution in [0.5, 0.6) is 0 Å². The van der Waals surface area contributed by atoms with Crippen molar-refractivity contribution in [3.63, 3.8) is 0 Å². The summed E-state index contributed by atoms with van der Waals surface area (Å²) in [5.41, 5.74) is 4.20. The molecule has 7 nitrogen and oxygen atoms in total. The predicted octanol–water partition coefficient (Wildman–Crippen LogP) is 2.44. The van der Waals surface area contributed by atoms with Crippen LogP contribution in [0.25, 0.3) is 5.65 Å². The molecule has 0 aliphatic carbocycles. The molecule has 1 aromatic carbocycles. The van der Waals surface area contributed by atoms with Crippen LogP contribution in [0.2, 0.25) is 0 Å². The summed E-state index contributed by atoms with van der Waals surface area (Å²) in [5, 5.41) is 13.3. The van der Waals surface area contributed by atoms with E-state index in [2.05, 4.69) is 22.4 Å². The first-order valence-electron chi connectivity index (χ1n) is 10.7. The summed E-state index contributed by atoms with van der Waals surface area (Å²) in [4.78, 5) is 19.7. The minimum Gasteiger partial charge on any atom is -0.389 e. The second-order valence-electron chi connectivity index (χ2n) is 7.70. The van der Waals surface area contributed by atoms with Crippen molar-refractivity contribution in [3.8, 4) is 0 Å². The quantitative estimate of drug-likeness (QED) is 0.494. The third-order valence-corrected chi connectivity index (χ3v) is 5.26. The summed E-state index contributed by atoms with van der Waals surface area (Å²) < 4.78 is 7.21. The lowest BCUT2D eigenvalue weighted by Crippen LogP contribution is -2.33. The van der Waals surface area contributed by atoms with Crippen molar-refractivity contribution < 1.29 is 14.6 Å². The fourth-order valence-corrected chi connectivity index (χ4v) is 3.49. The molecule has 2 heterocycles. The van der Waals surface area contributed by atoms with Gasteiger partial charge in [0.1, 0.15) is 5.65 Å². The van der Waals surface area contributed by atoms with Crippen molar-refractivity contribution in [1.82, 2.24) is 19.6 Å². The number of carbonyl (C=O) groups is 1. The molecule has 0 aliphatic rings. The highest BCUT2D eigenvalue weighted by Gasteiger charge is 2.22. The van der Waals surface area contributed by atoms with E-state index in [0.717, 1.165) is 23.3 Å². The maximum atomic E-state index is 13.3. The Morgan fingerprint density at radius 1 is 1.26 bits per heavy atom. The van der Waals surface area contributed by atoms with Gasteiger partial charge >= 0.3 is 0 Å². The van der Waals surface area contributed by atoms with Gasteiger partial charge in [-0.15, -0.1) is 0 Å². The van der Waals surface area contributed by atoms with Gasteiger partial charge in [0.15, 0.2) is 5.69 Å². The lowest BCUT2D eigenvalue weighted by molar-refractivity contribution is 0.0426. The van der Waals surface area contributed by atoms with E-state index in [1.54, 1.807) is 4.90 Å². The van der Waals surface area contributed by atoms with Crippen molar-refractivity contribution in [2.75, 3.05) is 33.4 Å². The van der Waals surface area contributed by atoms with Gasteiger partial charge in [-0.2, -0.15) is 0 Å². The number of rotatable bonds is 11. The highest BCUT2D eigenvalue weighted by Crippen LogP contribution is 2.18. The lowest BCUT2D eigenvalue weighted by atomic mass is 10.1. The first-order valence-corrected chi connectivity index (χ1v) is 10.7. The number of aryl methyl sites for hydroxylation is 1. The lowest BCUT2D eigenvalue weighted by Gasteiger charge is -2.17. The number of hydrogen-bond donors (Lipinski definition) is 2. The van der Waals surface area contributed by atoms with Gasteiger partial charge in [-0.05, 0) is 37.5 Å². The Kier molecular flexibility index (Phi) is 8.17. The molecule has 3 aromatic rings. The summed E-state index contributed by atoms with van der Waals surface area (Å²) in [6, 6.07) is 14.1. The number of imidazole rings is 1. The van der Waals surface area contributed by atoms with Gasteiger partial charge in [-0.1, -0.05) is 36.4 Å². The van der Waals surface area contributed by atoms with E-state index < -0.39 is 6.10 Å². The Balaban J connectivity index is 1.75. The van der Waals surface area contributed by atoms with Crippen LogP contribution in [-0.4, -0.2) is 64.8 Å². The van der Waals surface area contributed by atoms with Gasteiger partial charge in [0, 0.05) is 39.5 Å². The number of aliphatic hydroxyl groups excluding tert-OH is 1. The number of nitrogens with zero attached hydrogens (tertiary/aromatic N) is 3. The van der Waals surface area contributed by atoms with E-state index in [0.29, 0.717) is 31.9 Å². The smallest absolute Gasteiger partial charge is 0.274 e. The first kappa shape index (κ1) is 22.9. The largest absolute Gasteiger partial charge is 0.389 e. The Labute approximate surface area is 183 Å². The van der Waals surface area contributed by atoms with Gasteiger partial charge < -0.3 is 24.5 Å². The number of nitrogens with one attached hydrogen (secondary N) is 1. The van der Waals surface area contributed by atoms with Crippen LogP contribution in [-0.2, 0) is 17.7 Å². The molecule has 0 saturated heterocycles. The van der Waals surface area contributed by atoms with E-state index in [1.807, 2.05) is 61.8 Å². The standard InChI is InChI=1S/C24H32N4O3/c1-4-31-17-20(29)15-25-16-21-22(26-23-18(2)9-8-13-28(21)23)24(30)27(3)14-12-19-10-6-5-7-11-19/h5-11,13,20,25,29H,4,12,14-17H2,1-3H3. The van der Waals surface area contributed by atoms with Gasteiger partial charge in [0.2, 0.25) is 0 Å². The van der Waals surface area contributed by atoms with Gasteiger partial charge in [0.25, 0.3) is 5.91 Å². The van der Waals surface area contributed by atoms with E-state index in [4.69, 9.17) is 4.74 Å². The fraction of sp³-hybridized carbons (Fsp3) is 0.417. The minimum atomic E-state index is -0.603. The number of pyridine rings is 1. The number of aliphatic hydroxyl groups is 1.